The second-order valence-electron chi connectivity index (χ2n) is 4.74. The van der Waals surface area contributed by atoms with Gasteiger partial charge in [-0.25, -0.2) is 0 Å². The fraction of sp³-hybridized carbons (Fsp3) is 0.462. The molecule has 18 heavy (non-hydrogen) atoms. The topological polar surface area (TPSA) is 20.3 Å². The van der Waals surface area contributed by atoms with Gasteiger partial charge in [-0.3, -0.25) is 4.79 Å². The SMILES string of the molecule is O=C(c1cc(Cl)sc1Cl)N1CCC(=C2CC2)CC1. The Kier molecular flexibility index (Phi) is 3.39. The summed E-state index contributed by atoms with van der Waals surface area (Å²) in [6.45, 7) is 1.61. The lowest BCUT2D eigenvalue weighted by molar-refractivity contribution is 0.0744. The van der Waals surface area contributed by atoms with Gasteiger partial charge in [-0.15, -0.1) is 11.3 Å². The highest BCUT2D eigenvalue weighted by atomic mass is 35.5. The molecule has 0 radical (unpaired) electrons. The average molecular weight is 302 g/mol. The van der Waals surface area contributed by atoms with E-state index in [1.165, 1.54) is 24.2 Å². The van der Waals surface area contributed by atoms with Crippen molar-refractivity contribution >= 4 is 40.4 Å². The van der Waals surface area contributed by atoms with Crippen LogP contribution < -0.4 is 0 Å². The molecule has 1 aromatic rings. The molecule has 1 saturated carbocycles. The van der Waals surface area contributed by atoms with Gasteiger partial charge in [-0.1, -0.05) is 34.3 Å². The van der Waals surface area contributed by atoms with E-state index in [1.54, 1.807) is 17.2 Å². The molecule has 5 heteroatoms. The Bertz CT molecular complexity index is 519. The van der Waals surface area contributed by atoms with Crippen molar-refractivity contribution in [1.29, 1.82) is 0 Å². The monoisotopic (exact) mass is 301 g/mol. The molecule has 1 aliphatic heterocycles. The zero-order valence-corrected chi connectivity index (χ0v) is 12.2. The van der Waals surface area contributed by atoms with E-state index in [0.29, 0.717) is 14.2 Å². The van der Waals surface area contributed by atoms with E-state index >= 15 is 0 Å². The first-order valence-corrected chi connectivity index (χ1v) is 7.66. The number of hydrogen-bond acceptors (Lipinski definition) is 2. The Labute approximate surface area is 120 Å². The standard InChI is InChI=1S/C13H13Cl2NOS/c14-11-7-10(12(15)18-11)13(17)16-5-3-9(4-6-16)8-1-2-8/h7H,1-6H2. The normalized spacial score (nSPS) is 19.3. The summed E-state index contributed by atoms with van der Waals surface area (Å²) in [5.74, 6) is 0.0167. The predicted molar refractivity (Wildman–Crippen MR) is 75.7 cm³/mol. The lowest BCUT2D eigenvalue weighted by atomic mass is 10.0. The van der Waals surface area contributed by atoms with Crippen LogP contribution in [0.4, 0.5) is 0 Å². The van der Waals surface area contributed by atoms with Gasteiger partial charge in [0.05, 0.1) is 9.90 Å². The summed E-state index contributed by atoms with van der Waals surface area (Å²) in [7, 11) is 0. The maximum absolute atomic E-state index is 12.3. The Hall–Kier alpha value is -0.510. The molecule has 0 bridgehead atoms. The summed E-state index contributed by atoms with van der Waals surface area (Å²) in [4.78, 5) is 14.2. The van der Waals surface area contributed by atoms with Crippen LogP contribution in [0.1, 0.15) is 36.0 Å². The number of piperidine rings is 1. The molecule has 96 valence electrons. The van der Waals surface area contributed by atoms with E-state index in [9.17, 15) is 4.79 Å². The van der Waals surface area contributed by atoms with Crippen LogP contribution in [-0.4, -0.2) is 23.9 Å². The minimum absolute atomic E-state index is 0.0167. The third-order valence-electron chi connectivity index (χ3n) is 3.54. The van der Waals surface area contributed by atoms with Crippen molar-refractivity contribution in [2.45, 2.75) is 25.7 Å². The minimum Gasteiger partial charge on any atom is -0.338 e. The molecule has 1 saturated heterocycles. The zero-order valence-electron chi connectivity index (χ0n) is 9.84. The number of carbonyl (C=O) groups excluding carboxylic acids is 1. The molecule has 1 aliphatic carbocycles. The van der Waals surface area contributed by atoms with Gasteiger partial charge in [0.25, 0.3) is 5.91 Å². The maximum atomic E-state index is 12.3. The van der Waals surface area contributed by atoms with Gasteiger partial charge in [-0.05, 0) is 31.7 Å². The Morgan fingerprint density at radius 2 is 1.72 bits per heavy atom. The van der Waals surface area contributed by atoms with Gasteiger partial charge in [-0.2, -0.15) is 0 Å². The highest BCUT2D eigenvalue weighted by Crippen LogP contribution is 2.37. The molecular formula is C13H13Cl2NOS. The lowest BCUT2D eigenvalue weighted by Crippen LogP contribution is -2.36. The second-order valence-corrected chi connectivity index (χ2v) is 7.02. The van der Waals surface area contributed by atoms with Crippen LogP contribution in [0, 0.1) is 0 Å². The molecule has 1 aromatic heterocycles. The Morgan fingerprint density at radius 3 is 2.22 bits per heavy atom. The fourth-order valence-corrected chi connectivity index (χ4v) is 3.85. The number of hydrogen-bond donors (Lipinski definition) is 0. The third kappa shape index (κ3) is 2.44. The van der Waals surface area contributed by atoms with Crippen molar-refractivity contribution < 1.29 is 4.79 Å². The predicted octanol–water partition coefficient (Wildman–Crippen LogP) is 4.38. The van der Waals surface area contributed by atoms with Crippen LogP contribution in [0.3, 0.4) is 0 Å². The van der Waals surface area contributed by atoms with E-state index in [0.717, 1.165) is 25.9 Å². The largest absolute Gasteiger partial charge is 0.338 e. The maximum Gasteiger partial charge on any atom is 0.256 e. The summed E-state index contributed by atoms with van der Waals surface area (Å²) in [5, 5.41) is 0. The molecule has 1 amide bonds. The van der Waals surface area contributed by atoms with Gasteiger partial charge >= 0.3 is 0 Å². The highest BCUT2D eigenvalue weighted by molar-refractivity contribution is 7.20. The molecule has 2 aliphatic rings. The molecule has 0 N–H and O–H groups in total. The van der Waals surface area contributed by atoms with Crippen LogP contribution in [0.5, 0.6) is 0 Å². The van der Waals surface area contributed by atoms with Crippen molar-refractivity contribution in [3.63, 3.8) is 0 Å². The number of carbonyl (C=O) groups is 1. The second kappa shape index (κ2) is 4.87. The van der Waals surface area contributed by atoms with Crippen molar-refractivity contribution in [3.05, 3.63) is 31.4 Å². The Morgan fingerprint density at radius 1 is 1.11 bits per heavy atom. The Balaban J connectivity index is 1.71. The number of halogens is 2. The zero-order chi connectivity index (χ0) is 12.7. The molecule has 0 atom stereocenters. The van der Waals surface area contributed by atoms with E-state index in [2.05, 4.69) is 0 Å². The van der Waals surface area contributed by atoms with E-state index in [4.69, 9.17) is 23.2 Å². The van der Waals surface area contributed by atoms with Crippen molar-refractivity contribution in [2.24, 2.45) is 0 Å². The highest BCUT2D eigenvalue weighted by Gasteiger charge is 2.26. The van der Waals surface area contributed by atoms with Gasteiger partial charge in [0.15, 0.2) is 0 Å². The first-order valence-electron chi connectivity index (χ1n) is 6.09. The van der Waals surface area contributed by atoms with Crippen LogP contribution in [0.2, 0.25) is 8.67 Å². The van der Waals surface area contributed by atoms with Gasteiger partial charge in [0.1, 0.15) is 4.34 Å². The average Bonchev–Trinajstić information content (AvgIpc) is 3.15. The first-order chi connectivity index (χ1) is 8.65. The van der Waals surface area contributed by atoms with Crippen molar-refractivity contribution in [2.75, 3.05) is 13.1 Å². The van der Waals surface area contributed by atoms with Crippen LogP contribution in [-0.2, 0) is 0 Å². The van der Waals surface area contributed by atoms with Crippen LogP contribution in [0.15, 0.2) is 17.2 Å². The van der Waals surface area contributed by atoms with E-state index in [1.807, 2.05) is 4.90 Å². The number of likely N-dealkylation sites (tertiary alicyclic amines) is 1. The number of allylic oxidation sites excluding steroid dienone is 1. The quantitative estimate of drug-likeness (QED) is 0.705. The van der Waals surface area contributed by atoms with E-state index in [-0.39, 0.29) is 5.91 Å². The molecule has 3 rings (SSSR count). The number of rotatable bonds is 1. The summed E-state index contributed by atoms with van der Waals surface area (Å²) in [6.07, 6.45) is 4.59. The minimum atomic E-state index is 0.0167. The van der Waals surface area contributed by atoms with E-state index < -0.39 is 0 Å². The first kappa shape index (κ1) is 12.5. The summed E-state index contributed by atoms with van der Waals surface area (Å²) in [5.41, 5.74) is 3.75. The molecule has 2 nitrogen and oxygen atoms in total. The molecular weight excluding hydrogens is 289 g/mol. The van der Waals surface area contributed by atoms with Gasteiger partial charge in [0, 0.05) is 13.1 Å². The number of nitrogens with zero attached hydrogens (tertiary/aromatic N) is 1. The fourth-order valence-electron chi connectivity index (χ4n) is 2.41. The number of amides is 1. The lowest BCUT2D eigenvalue weighted by Gasteiger charge is -2.28. The van der Waals surface area contributed by atoms with Crippen molar-refractivity contribution in [3.8, 4) is 0 Å². The van der Waals surface area contributed by atoms with Crippen molar-refractivity contribution in [1.82, 2.24) is 4.90 Å². The van der Waals surface area contributed by atoms with Gasteiger partial charge < -0.3 is 4.90 Å². The molecule has 2 heterocycles. The molecule has 0 unspecified atom stereocenters. The molecule has 0 aromatic carbocycles. The smallest absolute Gasteiger partial charge is 0.256 e. The molecule has 2 fully saturated rings. The number of thiophene rings is 1. The molecule has 0 spiro atoms. The van der Waals surface area contributed by atoms with Crippen LogP contribution >= 0.6 is 34.5 Å². The third-order valence-corrected chi connectivity index (χ3v) is 5.03. The summed E-state index contributed by atoms with van der Waals surface area (Å²) >= 11 is 13.2. The summed E-state index contributed by atoms with van der Waals surface area (Å²) in [6, 6.07) is 1.67. The summed E-state index contributed by atoms with van der Waals surface area (Å²) < 4.78 is 1.07. The van der Waals surface area contributed by atoms with Crippen LogP contribution in [0.25, 0.3) is 0 Å². The van der Waals surface area contributed by atoms with Gasteiger partial charge in [0.2, 0.25) is 0 Å².